The van der Waals surface area contributed by atoms with Crippen LogP contribution in [0.3, 0.4) is 0 Å². The van der Waals surface area contributed by atoms with Gasteiger partial charge in [-0.2, -0.15) is 14.6 Å². The molecule has 0 radical (unpaired) electrons. The Bertz CT molecular complexity index is 291. The van der Waals surface area contributed by atoms with Gasteiger partial charge in [-0.3, -0.25) is 0 Å². The number of hydrogen-bond donors (Lipinski definition) is 0. The van der Waals surface area contributed by atoms with Crippen molar-refractivity contribution in [3.8, 4) is 6.07 Å². The fraction of sp³-hybridized carbons (Fsp3) is 0. The molecule has 0 saturated heterocycles. The minimum absolute atomic E-state index is 0.376. The monoisotopic (exact) mass is 141 g/mol. The van der Waals surface area contributed by atoms with Crippen LogP contribution in [0.15, 0.2) is 6.20 Å². The number of aromatic nitrogens is 2. The van der Waals surface area contributed by atoms with Crippen LogP contribution in [-0.2, 0) is 0 Å². The summed E-state index contributed by atoms with van der Waals surface area (Å²) in [4.78, 5) is 6.05. The predicted molar refractivity (Wildman–Crippen MR) is 26.7 cm³/mol. The summed E-state index contributed by atoms with van der Waals surface area (Å²) in [6, 6.07) is 1.47. The van der Waals surface area contributed by atoms with E-state index >= 15 is 0 Å². The van der Waals surface area contributed by atoms with Gasteiger partial charge < -0.3 is 0 Å². The second-order valence-corrected chi connectivity index (χ2v) is 1.44. The van der Waals surface area contributed by atoms with E-state index in [0.29, 0.717) is 6.20 Å². The van der Waals surface area contributed by atoms with Crippen LogP contribution >= 0.6 is 0 Å². The number of nitriles is 1. The molecular weight excluding hydrogens is 140 g/mol. The molecule has 0 aliphatic carbocycles. The van der Waals surface area contributed by atoms with Crippen LogP contribution in [0.25, 0.3) is 0 Å². The Labute approximate surface area is 55.0 Å². The minimum Gasteiger partial charge on any atom is -0.224 e. The van der Waals surface area contributed by atoms with E-state index in [1.165, 1.54) is 6.07 Å². The molecule has 0 N–H and O–H groups in total. The number of hydrogen-bond acceptors (Lipinski definition) is 3. The van der Waals surface area contributed by atoms with Crippen molar-refractivity contribution in [2.75, 3.05) is 0 Å². The third-order valence-electron chi connectivity index (χ3n) is 0.801. The van der Waals surface area contributed by atoms with Crippen LogP contribution in [0.1, 0.15) is 5.82 Å². The molecule has 10 heavy (non-hydrogen) atoms. The standard InChI is InChI=1S/C5HF2N3/c6-3-2-9-4(1-8)10-5(3)7/h2H. The topological polar surface area (TPSA) is 49.6 Å². The van der Waals surface area contributed by atoms with Crippen molar-refractivity contribution >= 4 is 0 Å². The normalized spacial score (nSPS) is 8.90. The van der Waals surface area contributed by atoms with Crippen molar-refractivity contribution in [2.45, 2.75) is 0 Å². The lowest BCUT2D eigenvalue weighted by molar-refractivity contribution is 0.471. The van der Waals surface area contributed by atoms with E-state index in [2.05, 4.69) is 9.97 Å². The lowest BCUT2D eigenvalue weighted by Gasteiger charge is -1.88. The molecule has 1 rings (SSSR count). The molecule has 0 saturated carbocycles. The Morgan fingerprint density at radius 3 is 2.70 bits per heavy atom. The highest BCUT2D eigenvalue weighted by Crippen LogP contribution is 1.98. The molecule has 0 fully saturated rings. The quantitative estimate of drug-likeness (QED) is 0.498. The SMILES string of the molecule is N#Cc1ncc(F)c(F)n1. The van der Waals surface area contributed by atoms with Gasteiger partial charge in [0.15, 0.2) is 5.82 Å². The summed E-state index contributed by atoms with van der Waals surface area (Å²) in [5.74, 6) is -2.83. The highest BCUT2D eigenvalue weighted by Gasteiger charge is 2.03. The Morgan fingerprint density at radius 1 is 1.50 bits per heavy atom. The third-order valence-corrected chi connectivity index (χ3v) is 0.801. The highest BCUT2D eigenvalue weighted by atomic mass is 19.2. The minimum atomic E-state index is -1.30. The van der Waals surface area contributed by atoms with Gasteiger partial charge in [-0.1, -0.05) is 0 Å². The second kappa shape index (κ2) is 2.35. The Balaban J connectivity index is 3.20. The molecule has 0 bridgehead atoms. The number of nitrogens with zero attached hydrogens (tertiary/aromatic N) is 3. The molecule has 0 aromatic carbocycles. The lowest BCUT2D eigenvalue weighted by atomic mass is 10.5. The maximum atomic E-state index is 12.1. The van der Waals surface area contributed by atoms with E-state index in [-0.39, 0.29) is 5.82 Å². The van der Waals surface area contributed by atoms with Gasteiger partial charge in [0.2, 0.25) is 5.82 Å². The van der Waals surface area contributed by atoms with Crippen molar-refractivity contribution in [2.24, 2.45) is 0 Å². The molecular formula is C5HF2N3. The summed E-state index contributed by atoms with van der Waals surface area (Å²) in [5.41, 5.74) is 0. The molecule has 5 heteroatoms. The van der Waals surface area contributed by atoms with Gasteiger partial charge in [-0.25, -0.2) is 9.37 Å². The molecule has 1 aromatic heterocycles. The summed E-state index contributed by atoms with van der Waals surface area (Å²) < 4.78 is 24.1. The fourth-order valence-electron chi connectivity index (χ4n) is 0.400. The molecule has 0 aliphatic heterocycles. The second-order valence-electron chi connectivity index (χ2n) is 1.44. The molecule has 0 atom stereocenters. The molecule has 0 amide bonds. The Morgan fingerprint density at radius 2 is 2.20 bits per heavy atom. The zero-order chi connectivity index (χ0) is 7.56. The van der Waals surface area contributed by atoms with E-state index in [4.69, 9.17) is 5.26 Å². The van der Waals surface area contributed by atoms with Gasteiger partial charge in [0.05, 0.1) is 6.20 Å². The van der Waals surface area contributed by atoms with Crippen molar-refractivity contribution in [1.82, 2.24) is 9.97 Å². The van der Waals surface area contributed by atoms with Gasteiger partial charge in [0.1, 0.15) is 6.07 Å². The molecule has 0 spiro atoms. The van der Waals surface area contributed by atoms with E-state index in [1.54, 1.807) is 0 Å². The first-order valence-electron chi connectivity index (χ1n) is 2.32. The highest BCUT2D eigenvalue weighted by molar-refractivity contribution is 5.08. The first kappa shape index (κ1) is 6.55. The van der Waals surface area contributed by atoms with Crippen molar-refractivity contribution in [3.05, 3.63) is 23.8 Å². The van der Waals surface area contributed by atoms with Gasteiger partial charge >= 0.3 is 0 Å². The van der Waals surface area contributed by atoms with Crippen LogP contribution in [0.5, 0.6) is 0 Å². The maximum Gasteiger partial charge on any atom is 0.253 e. The predicted octanol–water partition coefficient (Wildman–Crippen LogP) is 0.626. The molecule has 3 nitrogen and oxygen atoms in total. The van der Waals surface area contributed by atoms with Crippen LogP contribution in [0.4, 0.5) is 8.78 Å². The first-order valence-corrected chi connectivity index (χ1v) is 2.32. The zero-order valence-electron chi connectivity index (χ0n) is 4.67. The van der Waals surface area contributed by atoms with Crippen LogP contribution in [-0.4, -0.2) is 9.97 Å². The number of rotatable bonds is 0. The molecule has 1 heterocycles. The largest absolute Gasteiger partial charge is 0.253 e. The van der Waals surface area contributed by atoms with E-state index in [9.17, 15) is 8.78 Å². The van der Waals surface area contributed by atoms with E-state index in [0.717, 1.165) is 0 Å². The molecule has 0 unspecified atom stereocenters. The van der Waals surface area contributed by atoms with Gasteiger partial charge in [0.25, 0.3) is 5.95 Å². The summed E-state index contributed by atoms with van der Waals surface area (Å²) >= 11 is 0. The maximum absolute atomic E-state index is 12.1. The summed E-state index contributed by atoms with van der Waals surface area (Å²) in [6.45, 7) is 0. The summed E-state index contributed by atoms with van der Waals surface area (Å²) in [5, 5.41) is 8.09. The average Bonchev–Trinajstić information content (AvgIpc) is 1.95. The zero-order valence-corrected chi connectivity index (χ0v) is 4.67. The van der Waals surface area contributed by atoms with Crippen molar-refractivity contribution in [1.29, 1.82) is 5.26 Å². The Hall–Kier alpha value is -1.57. The van der Waals surface area contributed by atoms with E-state index in [1.807, 2.05) is 0 Å². The van der Waals surface area contributed by atoms with Crippen molar-refractivity contribution in [3.63, 3.8) is 0 Å². The number of halogens is 2. The first-order chi connectivity index (χ1) is 4.74. The lowest BCUT2D eigenvalue weighted by Crippen LogP contribution is -1.95. The van der Waals surface area contributed by atoms with Gasteiger partial charge in [-0.05, 0) is 0 Å². The van der Waals surface area contributed by atoms with E-state index < -0.39 is 11.8 Å². The summed E-state index contributed by atoms with van der Waals surface area (Å²) in [6.07, 6.45) is 0.612. The molecule has 50 valence electrons. The fourth-order valence-corrected chi connectivity index (χ4v) is 0.400. The molecule has 0 aliphatic rings. The third kappa shape index (κ3) is 1.05. The van der Waals surface area contributed by atoms with Crippen LogP contribution in [0, 0.1) is 23.1 Å². The van der Waals surface area contributed by atoms with Crippen LogP contribution < -0.4 is 0 Å². The van der Waals surface area contributed by atoms with Crippen molar-refractivity contribution < 1.29 is 8.78 Å². The van der Waals surface area contributed by atoms with Gasteiger partial charge in [-0.15, -0.1) is 0 Å². The average molecular weight is 141 g/mol. The summed E-state index contributed by atoms with van der Waals surface area (Å²) in [7, 11) is 0. The van der Waals surface area contributed by atoms with Crippen LogP contribution in [0.2, 0.25) is 0 Å². The molecule has 1 aromatic rings. The smallest absolute Gasteiger partial charge is 0.224 e. The Kier molecular flexibility index (Phi) is 1.54. The van der Waals surface area contributed by atoms with Gasteiger partial charge in [0, 0.05) is 0 Å².